The maximum Gasteiger partial charge on any atom is 0.344 e. The highest BCUT2D eigenvalue weighted by Gasteiger charge is 2.24. The van der Waals surface area contributed by atoms with Crippen molar-refractivity contribution in [3.8, 4) is 5.88 Å². The first-order valence-electron chi connectivity index (χ1n) is 9.71. The molecule has 1 saturated heterocycles. The van der Waals surface area contributed by atoms with E-state index in [4.69, 9.17) is 4.74 Å². The Hall–Kier alpha value is -2.72. The van der Waals surface area contributed by atoms with E-state index >= 15 is 0 Å². The Bertz CT molecular complexity index is 920. The molecule has 1 unspecified atom stereocenters. The smallest absolute Gasteiger partial charge is 0.344 e. The van der Waals surface area contributed by atoms with Crippen molar-refractivity contribution in [2.75, 3.05) is 25.5 Å². The summed E-state index contributed by atoms with van der Waals surface area (Å²) in [7, 11) is 2.07. The molecule has 2 heterocycles. The molecule has 30 heavy (non-hydrogen) atoms. The van der Waals surface area contributed by atoms with Crippen LogP contribution in [0.4, 0.5) is 14.2 Å². The van der Waals surface area contributed by atoms with Crippen molar-refractivity contribution in [1.82, 2.24) is 14.6 Å². The number of nitrogens with zero attached hydrogens (tertiary/aromatic N) is 2. The van der Waals surface area contributed by atoms with Gasteiger partial charge in [0, 0.05) is 18.2 Å². The Kier molecular flexibility index (Phi) is 7.22. The third-order valence-corrected chi connectivity index (χ3v) is 5.86. The number of likely N-dealkylation sites (tertiary alicyclic amines) is 1. The van der Waals surface area contributed by atoms with Crippen LogP contribution in [0.1, 0.15) is 40.7 Å². The van der Waals surface area contributed by atoms with Crippen LogP contribution >= 0.6 is 11.5 Å². The number of carboxylic acid groups (broad SMARTS) is 1. The number of aryl methyl sites for hydroxylation is 1. The molecule has 0 bridgehead atoms. The van der Waals surface area contributed by atoms with Gasteiger partial charge in [0.2, 0.25) is 5.88 Å². The number of halogens is 1. The lowest BCUT2D eigenvalue weighted by atomic mass is 10.1. The molecule has 10 heteroatoms. The largest absolute Gasteiger partial charge is 0.477 e. The van der Waals surface area contributed by atoms with E-state index in [0.717, 1.165) is 42.9 Å². The Balaban J connectivity index is 1.58. The van der Waals surface area contributed by atoms with Gasteiger partial charge in [-0.25, -0.2) is 14.0 Å². The highest BCUT2D eigenvalue weighted by atomic mass is 32.1. The van der Waals surface area contributed by atoms with Crippen LogP contribution in [0.5, 0.6) is 5.88 Å². The monoisotopic (exact) mass is 436 g/mol. The Morgan fingerprint density at radius 3 is 2.90 bits per heavy atom. The summed E-state index contributed by atoms with van der Waals surface area (Å²) < 4.78 is 23.4. The molecule has 1 aromatic carbocycles. The van der Waals surface area contributed by atoms with Gasteiger partial charge in [-0.1, -0.05) is 12.1 Å². The van der Waals surface area contributed by atoms with Crippen molar-refractivity contribution >= 4 is 28.5 Å². The quantitative estimate of drug-likeness (QED) is 0.585. The molecule has 1 aliphatic rings. The first kappa shape index (κ1) is 22.0. The summed E-state index contributed by atoms with van der Waals surface area (Å²) in [6, 6.07) is 4.63. The normalized spacial score (nSPS) is 16.4. The van der Waals surface area contributed by atoms with Gasteiger partial charge in [0.25, 0.3) is 0 Å². The summed E-state index contributed by atoms with van der Waals surface area (Å²) in [4.78, 5) is 26.1. The predicted molar refractivity (Wildman–Crippen MR) is 112 cm³/mol. The van der Waals surface area contributed by atoms with E-state index in [2.05, 4.69) is 27.0 Å². The second-order valence-corrected chi connectivity index (χ2v) is 8.10. The van der Waals surface area contributed by atoms with E-state index < -0.39 is 17.8 Å². The van der Waals surface area contributed by atoms with Crippen molar-refractivity contribution in [3.63, 3.8) is 0 Å². The van der Waals surface area contributed by atoms with Crippen LogP contribution in [0.25, 0.3) is 0 Å². The van der Waals surface area contributed by atoms with Gasteiger partial charge in [0.05, 0.1) is 0 Å². The number of benzene rings is 1. The molecule has 1 aromatic heterocycles. The Morgan fingerprint density at radius 1 is 1.43 bits per heavy atom. The lowest BCUT2D eigenvalue weighted by Crippen LogP contribution is -2.34. The van der Waals surface area contributed by atoms with E-state index in [0.29, 0.717) is 12.6 Å². The minimum Gasteiger partial charge on any atom is -0.477 e. The maximum atomic E-state index is 14.0. The molecule has 0 saturated carbocycles. The van der Waals surface area contributed by atoms with Gasteiger partial charge >= 0.3 is 12.0 Å². The Labute approximate surface area is 178 Å². The van der Waals surface area contributed by atoms with Crippen LogP contribution in [0.3, 0.4) is 0 Å². The second-order valence-electron chi connectivity index (χ2n) is 7.33. The van der Waals surface area contributed by atoms with E-state index in [1.165, 1.54) is 6.07 Å². The molecule has 0 aliphatic carbocycles. The molecule has 1 aliphatic heterocycles. The van der Waals surface area contributed by atoms with Gasteiger partial charge in [-0.3, -0.25) is 5.32 Å². The van der Waals surface area contributed by atoms with Crippen LogP contribution < -0.4 is 15.4 Å². The number of hydrogen-bond donors (Lipinski definition) is 3. The van der Waals surface area contributed by atoms with Crippen molar-refractivity contribution in [3.05, 3.63) is 40.7 Å². The zero-order chi connectivity index (χ0) is 21.7. The standard InChI is InChI=1S/C20H25FN4O4S/c1-12-5-6-13(15(21)10-12)11-29-17-16(19(26)27)18(30-24-17)23-20(28)22-8-7-14-4-3-9-25(14)2/h5-6,10,14H,3-4,7-9,11H2,1-2H3,(H,26,27)(H2,22,23,28). The molecule has 3 rings (SSSR count). The second kappa shape index (κ2) is 9.86. The Morgan fingerprint density at radius 2 is 2.23 bits per heavy atom. The van der Waals surface area contributed by atoms with Gasteiger partial charge in [0.15, 0.2) is 5.56 Å². The number of anilines is 1. The third-order valence-electron chi connectivity index (χ3n) is 5.11. The number of aromatic carboxylic acids is 1. The number of aromatic nitrogens is 1. The topological polar surface area (TPSA) is 104 Å². The molecule has 162 valence electrons. The van der Waals surface area contributed by atoms with Crippen LogP contribution in [0, 0.1) is 12.7 Å². The van der Waals surface area contributed by atoms with Crippen molar-refractivity contribution in [2.45, 2.75) is 38.8 Å². The molecule has 3 N–H and O–H groups in total. The van der Waals surface area contributed by atoms with E-state index in [1.54, 1.807) is 19.1 Å². The minimum absolute atomic E-state index is 0.0670. The number of nitrogens with one attached hydrogen (secondary N) is 2. The fourth-order valence-electron chi connectivity index (χ4n) is 3.41. The van der Waals surface area contributed by atoms with Gasteiger partial charge in [0.1, 0.15) is 17.4 Å². The average molecular weight is 437 g/mol. The van der Waals surface area contributed by atoms with Crippen molar-refractivity contribution in [1.29, 1.82) is 0 Å². The highest BCUT2D eigenvalue weighted by Crippen LogP contribution is 2.31. The van der Waals surface area contributed by atoms with Crippen molar-refractivity contribution in [2.24, 2.45) is 0 Å². The fraction of sp³-hybridized carbons (Fsp3) is 0.450. The molecule has 8 nitrogen and oxygen atoms in total. The number of urea groups is 1. The molecule has 2 aromatic rings. The summed E-state index contributed by atoms with van der Waals surface area (Å²) >= 11 is 0.804. The highest BCUT2D eigenvalue weighted by molar-refractivity contribution is 7.11. The number of rotatable bonds is 8. The fourth-order valence-corrected chi connectivity index (χ4v) is 4.13. The molecule has 0 spiro atoms. The van der Waals surface area contributed by atoms with Gasteiger partial charge < -0.3 is 20.1 Å². The van der Waals surface area contributed by atoms with E-state index in [9.17, 15) is 19.1 Å². The molecular weight excluding hydrogens is 411 g/mol. The van der Waals surface area contributed by atoms with Gasteiger partial charge in [-0.2, -0.15) is 4.37 Å². The molecule has 2 amide bonds. The first-order valence-corrected chi connectivity index (χ1v) is 10.5. The zero-order valence-corrected chi connectivity index (χ0v) is 17.7. The number of carbonyl (C=O) groups excluding carboxylic acids is 1. The average Bonchev–Trinajstić information content (AvgIpc) is 3.27. The van der Waals surface area contributed by atoms with E-state index in [1.807, 2.05) is 0 Å². The SMILES string of the molecule is Cc1ccc(COc2nsc(NC(=O)NCCC3CCCN3C)c2C(=O)O)c(F)c1. The minimum atomic E-state index is -1.29. The molecule has 1 atom stereocenters. The number of hydrogen-bond acceptors (Lipinski definition) is 6. The van der Waals surface area contributed by atoms with Gasteiger partial charge in [-0.05, 0) is 62.9 Å². The van der Waals surface area contributed by atoms with Crippen molar-refractivity contribution < 1.29 is 23.8 Å². The van der Waals surface area contributed by atoms with Crippen LogP contribution in [-0.4, -0.2) is 52.6 Å². The van der Waals surface area contributed by atoms with Crippen LogP contribution in [0.15, 0.2) is 18.2 Å². The van der Waals surface area contributed by atoms with Crippen LogP contribution in [-0.2, 0) is 6.61 Å². The number of carboxylic acids is 1. The summed E-state index contributed by atoms with van der Waals surface area (Å²) in [5, 5.41) is 14.9. The molecule has 1 fully saturated rings. The number of amides is 2. The summed E-state index contributed by atoms with van der Waals surface area (Å²) in [5.41, 5.74) is 0.806. The summed E-state index contributed by atoms with van der Waals surface area (Å²) in [6.45, 7) is 3.15. The predicted octanol–water partition coefficient (Wildman–Crippen LogP) is 3.47. The third kappa shape index (κ3) is 5.45. The summed E-state index contributed by atoms with van der Waals surface area (Å²) in [5.74, 6) is -1.88. The molecule has 0 radical (unpaired) electrons. The summed E-state index contributed by atoms with van der Waals surface area (Å²) in [6.07, 6.45) is 3.10. The number of ether oxygens (including phenoxy) is 1. The zero-order valence-electron chi connectivity index (χ0n) is 16.9. The lowest BCUT2D eigenvalue weighted by molar-refractivity contribution is 0.0693. The lowest BCUT2D eigenvalue weighted by Gasteiger charge is -2.19. The molecular formula is C20H25FN4O4S. The first-order chi connectivity index (χ1) is 14.3. The number of carbonyl (C=O) groups is 2. The maximum absolute atomic E-state index is 14.0. The van der Waals surface area contributed by atoms with Gasteiger partial charge in [-0.15, -0.1) is 0 Å². The van der Waals surface area contributed by atoms with Crippen LogP contribution in [0.2, 0.25) is 0 Å². The van der Waals surface area contributed by atoms with E-state index in [-0.39, 0.29) is 28.6 Å².